The van der Waals surface area contributed by atoms with Crippen LogP contribution in [0.4, 0.5) is 5.69 Å². The zero-order valence-electron chi connectivity index (χ0n) is 15.2. The lowest BCUT2D eigenvalue weighted by atomic mass is 10.1. The number of fused-ring (bicyclic) bond motifs is 1. The molecule has 1 heterocycles. The Hall–Kier alpha value is -2.68. The monoisotopic (exact) mass is 471 g/mol. The molecule has 8 heteroatoms. The van der Waals surface area contributed by atoms with E-state index in [0.29, 0.717) is 23.4 Å². The van der Waals surface area contributed by atoms with Crippen LogP contribution in [0.15, 0.2) is 82.2 Å². The van der Waals surface area contributed by atoms with Gasteiger partial charge in [0.1, 0.15) is 11.1 Å². The second kappa shape index (κ2) is 7.98. The van der Waals surface area contributed by atoms with Crippen molar-refractivity contribution >= 4 is 37.5 Å². The van der Waals surface area contributed by atoms with Gasteiger partial charge in [-0.15, -0.1) is 0 Å². The van der Waals surface area contributed by atoms with Crippen molar-refractivity contribution in [1.82, 2.24) is 10.0 Å². The molecule has 0 bridgehead atoms. The van der Waals surface area contributed by atoms with E-state index >= 15 is 0 Å². The van der Waals surface area contributed by atoms with Crippen molar-refractivity contribution in [2.24, 2.45) is 0 Å². The third-order valence-electron chi connectivity index (χ3n) is 4.62. The van der Waals surface area contributed by atoms with Gasteiger partial charge in [-0.2, -0.15) is 4.72 Å². The Labute approximate surface area is 177 Å². The molecule has 0 saturated carbocycles. The smallest absolute Gasteiger partial charge is 0.251 e. The number of hydrogen-bond acceptors (Lipinski definition) is 4. The molecule has 6 nitrogen and oxygen atoms in total. The van der Waals surface area contributed by atoms with E-state index in [1.165, 1.54) is 0 Å². The Bertz CT molecular complexity index is 1150. The molecule has 0 radical (unpaired) electrons. The van der Waals surface area contributed by atoms with Crippen LogP contribution in [-0.2, 0) is 16.6 Å². The fraction of sp³-hybridized carbons (Fsp3) is 0.0952. The predicted molar refractivity (Wildman–Crippen MR) is 115 cm³/mol. The fourth-order valence-electron chi connectivity index (χ4n) is 3.09. The SMILES string of the molecule is O=C(NCc1ccc(Br)cc1)c1ccc([C@H]2Nc3ccccc3S(=O)(=O)N2)cc1. The van der Waals surface area contributed by atoms with E-state index in [4.69, 9.17) is 0 Å². The Balaban J connectivity index is 1.45. The summed E-state index contributed by atoms with van der Waals surface area (Å²) in [6, 6.07) is 21.3. The van der Waals surface area contributed by atoms with Crippen LogP contribution in [0.1, 0.15) is 27.7 Å². The van der Waals surface area contributed by atoms with Crippen molar-refractivity contribution in [3.05, 3.63) is 94.0 Å². The summed E-state index contributed by atoms with van der Waals surface area (Å²) in [6.45, 7) is 0.425. The summed E-state index contributed by atoms with van der Waals surface area (Å²) in [5.41, 5.74) is 2.77. The highest BCUT2D eigenvalue weighted by Crippen LogP contribution is 2.30. The van der Waals surface area contributed by atoms with E-state index in [1.54, 1.807) is 48.5 Å². The van der Waals surface area contributed by atoms with Crippen molar-refractivity contribution in [3.8, 4) is 0 Å². The fourth-order valence-corrected chi connectivity index (χ4v) is 4.66. The van der Waals surface area contributed by atoms with Crippen molar-refractivity contribution in [1.29, 1.82) is 0 Å². The molecule has 0 aromatic heterocycles. The molecule has 3 aromatic carbocycles. The van der Waals surface area contributed by atoms with Crippen LogP contribution in [0.2, 0.25) is 0 Å². The van der Waals surface area contributed by atoms with Crippen LogP contribution < -0.4 is 15.4 Å². The van der Waals surface area contributed by atoms with Gasteiger partial charge in [0, 0.05) is 16.6 Å². The average Bonchev–Trinajstić information content (AvgIpc) is 2.73. The third-order valence-corrected chi connectivity index (χ3v) is 6.63. The normalized spacial score (nSPS) is 17.1. The summed E-state index contributed by atoms with van der Waals surface area (Å²) in [4.78, 5) is 12.6. The minimum Gasteiger partial charge on any atom is -0.364 e. The second-order valence-electron chi connectivity index (χ2n) is 6.63. The number of hydrogen-bond donors (Lipinski definition) is 3. The van der Waals surface area contributed by atoms with Gasteiger partial charge >= 0.3 is 0 Å². The van der Waals surface area contributed by atoms with Gasteiger partial charge in [-0.3, -0.25) is 4.79 Å². The van der Waals surface area contributed by atoms with Gasteiger partial charge in [0.2, 0.25) is 10.0 Å². The molecule has 1 aliphatic heterocycles. The quantitative estimate of drug-likeness (QED) is 0.540. The number of carbonyl (C=O) groups excluding carboxylic acids is 1. The van der Waals surface area contributed by atoms with E-state index in [9.17, 15) is 13.2 Å². The number of para-hydroxylation sites is 1. The van der Waals surface area contributed by atoms with E-state index in [1.807, 2.05) is 24.3 Å². The molecular formula is C21H18BrN3O3S. The van der Waals surface area contributed by atoms with Gasteiger partial charge in [0.15, 0.2) is 0 Å². The summed E-state index contributed by atoms with van der Waals surface area (Å²) < 4.78 is 28.5. The van der Waals surface area contributed by atoms with Gasteiger partial charge < -0.3 is 10.6 Å². The van der Waals surface area contributed by atoms with Crippen molar-refractivity contribution in [2.45, 2.75) is 17.6 Å². The van der Waals surface area contributed by atoms with Crippen molar-refractivity contribution < 1.29 is 13.2 Å². The first-order valence-electron chi connectivity index (χ1n) is 8.93. The standard InChI is InChI=1S/C21H18BrN3O3S/c22-17-11-5-14(6-12-17)13-23-21(26)16-9-7-15(8-10-16)20-24-18-3-1-2-4-19(18)29(27,28)25-20/h1-12,20,24-25H,13H2,(H,23,26)/t20-/m0/s1. The molecule has 3 aromatic rings. The van der Waals surface area contributed by atoms with Gasteiger partial charge in [0.25, 0.3) is 5.91 Å². The van der Waals surface area contributed by atoms with E-state index in [2.05, 4.69) is 31.3 Å². The molecule has 0 saturated heterocycles. The zero-order valence-corrected chi connectivity index (χ0v) is 17.6. The van der Waals surface area contributed by atoms with E-state index in [-0.39, 0.29) is 10.8 Å². The van der Waals surface area contributed by atoms with E-state index < -0.39 is 16.2 Å². The molecular weight excluding hydrogens is 454 g/mol. The van der Waals surface area contributed by atoms with Crippen LogP contribution >= 0.6 is 15.9 Å². The highest BCUT2D eigenvalue weighted by Gasteiger charge is 2.29. The summed E-state index contributed by atoms with van der Waals surface area (Å²) in [5.74, 6) is -0.193. The molecule has 0 unspecified atom stereocenters. The number of halogens is 1. The number of sulfonamides is 1. The maximum atomic E-state index is 12.5. The Kier molecular flexibility index (Phi) is 5.40. The summed E-state index contributed by atoms with van der Waals surface area (Å²) in [5, 5.41) is 6.05. The number of amides is 1. The highest BCUT2D eigenvalue weighted by atomic mass is 79.9. The molecule has 4 rings (SSSR count). The summed E-state index contributed by atoms with van der Waals surface area (Å²) >= 11 is 3.38. The van der Waals surface area contributed by atoms with Crippen molar-refractivity contribution in [3.63, 3.8) is 0 Å². The third kappa shape index (κ3) is 4.34. The first-order valence-corrected chi connectivity index (χ1v) is 11.2. The molecule has 0 aliphatic carbocycles. The number of benzene rings is 3. The zero-order chi connectivity index (χ0) is 20.4. The molecule has 148 valence electrons. The van der Waals surface area contributed by atoms with Gasteiger partial charge in [-0.05, 0) is 47.5 Å². The van der Waals surface area contributed by atoms with Crippen LogP contribution in [0.5, 0.6) is 0 Å². The number of anilines is 1. The van der Waals surface area contributed by atoms with Gasteiger partial charge in [0.05, 0.1) is 5.69 Å². The maximum Gasteiger partial charge on any atom is 0.251 e. The van der Waals surface area contributed by atoms with Crippen molar-refractivity contribution in [2.75, 3.05) is 5.32 Å². The Morgan fingerprint density at radius 3 is 2.38 bits per heavy atom. The van der Waals surface area contributed by atoms with Crippen LogP contribution in [-0.4, -0.2) is 14.3 Å². The first-order chi connectivity index (χ1) is 13.9. The summed E-state index contributed by atoms with van der Waals surface area (Å²) in [7, 11) is -3.60. The summed E-state index contributed by atoms with van der Waals surface area (Å²) in [6.07, 6.45) is -0.602. The molecule has 0 fully saturated rings. The molecule has 3 N–H and O–H groups in total. The minimum absolute atomic E-state index is 0.193. The van der Waals surface area contributed by atoms with Crippen LogP contribution in [0, 0.1) is 0 Å². The molecule has 0 spiro atoms. The predicted octanol–water partition coefficient (Wildman–Crippen LogP) is 3.78. The number of carbonyl (C=O) groups is 1. The minimum atomic E-state index is -3.60. The number of rotatable bonds is 4. The van der Waals surface area contributed by atoms with Gasteiger partial charge in [-0.1, -0.05) is 52.3 Å². The van der Waals surface area contributed by atoms with E-state index in [0.717, 1.165) is 10.0 Å². The topological polar surface area (TPSA) is 87.3 Å². The molecule has 1 amide bonds. The molecule has 1 aliphatic rings. The average molecular weight is 472 g/mol. The Morgan fingerprint density at radius 1 is 0.966 bits per heavy atom. The van der Waals surface area contributed by atoms with Gasteiger partial charge in [-0.25, -0.2) is 8.42 Å². The largest absolute Gasteiger partial charge is 0.364 e. The van der Waals surface area contributed by atoms with Crippen LogP contribution in [0.25, 0.3) is 0 Å². The lowest BCUT2D eigenvalue weighted by Gasteiger charge is -2.28. The van der Waals surface area contributed by atoms with Crippen LogP contribution in [0.3, 0.4) is 0 Å². The second-order valence-corrected chi connectivity index (χ2v) is 9.22. The highest BCUT2D eigenvalue weighted by molar-refractivity contribution is 9.10. The molecule has 29 heavy (non-hydrogen) atoms. The Morgan fingerprint density at radius 2 is 1.66 bits per heavy atom. The lowest BCUT2D eigenvalue weighted by Crippen LogP contribution is -2.38. The molecule has 1 atom stereocenters. The first kappa shape index (κ1) is 19.6. The lowest BCUT2D eigenvalue weighted by molar-refractivity contribution is 0.0951. The maximum absolute atomic E-state index is 12.5. The number of nitrogens with one attached hydrogen (secondary N) is 3.